The molecule has 0 saturated carbocycles. The second-order valence-corrected chi connectivity index (χ2v) is 6.86. The number of aromatic amines is 1. The van der Waals surface area contributed by atoms with E-state index in [1.165, 1.54) is 23.1 Å². The molecule has 21 heavy (non-hydrogen) atoms. The molecule has 0 aliphatic rings. The van der Waals surface area contributed by atoms with Gasteiger partial charge in [-0.2, -0.15) is 0 Å². The molecule has 0 radical (unpaired) electrons. The fourth-order valence-corrected chi connectivity index (χ4v) is 3.11. The van der Waals surface area contributed by atoms with Crippen LogP contribution in [0.3, 0.4) is 0 Å². The topological polar surface area (TPSA) is 96.5 Å². The van der Waals surface area contributed by atoms with Crippen LogP contribution in [-0.4, -0.2) is 37.0 Å². The molecule has 0 saturated heterocycles. The second kappa shape index (κ2) is 7.51. The number of nitrogens with one attached hydrogen (secondary N) is 2. The minimum absolute atomic E-state index is 0.130. The molecule has 0 aromatic carbocycles. The number of anilines is 1. The van der Waals surface area contributed by atoms with Crippen molar-refractivity contribution in [2.45, 2.75) is 38.8 Å². The van der Waals surface area contributed by atoms with Gasteiger partial charge in [0.2, 0.25) is 16.2 Å². The van der Waals surface area contributed by atoms with E-state index in [9.17, 15) is 4.79 Å². The van der Waals surface area contributed by atoms with E-state index in [-0.39, 0.29) is 11.7 Å². The molecule has 0 unspecified atom stereocenters. The van der Waals surface area contributed by atoms with Crippen LogP contribution in [0, 0.1) is 5.92 Å². The molecule has 0 aliphatic carbocycles. The number of carbonyl (C=O) groups excluding carboxylic acids is 1. The smallest absolute Gasteiger partial charge is 0.236 e. The average Bonchev–Trinajstić information content (AvgIpc) is 3.05. The fraction of sp³-hybridized carbons (Fsp3) is 0.583. The lowest BCUT2D eigenvalue weighted by Crippen LogP contribution is -2.13. The average molecular weight is 326 g/mol. The van der Waals surface area contributed by atoms with Crippen molar-refractivity contribution in [1.82, 2.24) is 25.4 Å². The molecular weight excluding hydrogens is 308 g/mol. The van der Waals surface area contributed by atoms with Crippen molar-refractivity contribution in [2.75, 3.05) is 11.1 Å². The molecule has 0 aliphatic heterocycles. The number of amides is 1. The van der Waals surface area contributed by atoms with Crippen molar-refractivity contribution in [3.8, 4) is 0 Å². The van der Waals surface area contributed by atoms with Crippen LogP contribution in [0.15, 0.2) is 5.16 Å². The van der Waals surface area contributed by atoms with Gasteiger partial charge >= 0.3 is 0 Å². The van der Waals surface area contributed by atoms with Gasteiger partial charge in [0.25, 0.3) is 0 Å². The van der Waals surface area contributed by atoms with E-state index in [2.05, 4.69) is 44.5 Å². The van der Waals surface area contributed by atoms with Gasteiger partial charge in [0.05, 0.1) is 5.75 Å². The Morgan fingerprint density at radius 3 is 2.90 bits per heavy atom. The van der Waals surface area contributed by atoms with Gasteiger partial charge in [-0.15, -0.1) is 15.3 Å². The number of thioether (sulfide) groups is 1. The third-order valence-electron chi connectivity index (χ3n) is 2.47. The molecule has 114 valence electrons. The zero-order chi connectivity index (χ0) is 15.2. The Bertz CT molecular complexity index is 594. The van der Waals surface area contributed by atoms with Crippen LogP contribution >= 0.6 is 23.1 Å². The maximum absolute atomic E-state index is 11.8. The Hall–Kier alpha value is -1.48. The molecule has 2 aromatic rings. The monoisotopic (exact) mass is 326 g/mol. The maximum Gasteiger partial charge on any atom is 0.236 e. The summed E-state index contributed by atoms with van der Waals surface area (Å²) in [6.45, 7) is 6.24. The minimum Gasteiger partial charge on any atom is -0.300 e. The predicted octanol–water partition coefficient (Wildman–Crippen LogP) is 2.15. The quantitative estimate of drug-likeness (QED) is 0.757. The van der Waals surface area contributed by atoms with Crippen molar-refractivity contribution in [1.29, 1.82) is 0 Å². The molecule has 2 N–H and O–H groups in total. The van der Waals surface area contributed by atoms with Crippen molar-refractivity contribution >= 4 is 34.1 Å². The van der Waals surface area contributed by atoms with Crippen LogP contribution in [0.25, 0.3) is 0 Å². The van der Waals surface area contributed by atoms with Crippen LogP contribution in [0.2, 0.25) is 0 Å². The van der Waals surface area contributed by atoms with Gasteiger partial charge in [-0.3, -0.25) is 15.2 Å². The van der Waals surface area contributed by atoms with Crippen LogP contribution in [0.1, 0.15) is 31.6 Å². The van der Waals surface area contributed by atoms with Gasteiger partial charge in [0.1, 0.15) is 10.8 Å². The standard InChI is InChI=1S/C12H18N6OS2/c1-4-8-13-11(17-15-8)20-6-9(19)14-12-18-16-10(21-12)5-7(2)3/h7H,4-6H2,1-3H3,(H,13,15,17)(H,14,18,19). The van der Waals surface area contributed by atoms with E-state index in [0.29, 0.717) is 16.2 Å². The van der Waals surface area contributed by atoms with E-state index in [4.69, 9.17) is 0 Å². The van der Waals surface area contributed by atoms with Gasteiger partial charge in [0.15, 0.2) is 0 Å². The number of nitrogens with zero attached hydrogens (tertiary/aromatic N) is 4. The highest BCUT2D eigenvalue weighted by Gasteiger charge is 2.11. The van der Waals surface area contributed by atoms with Crippen molar-refractivity contribution in [3.63, 3.8) is 0 Å². The normalized spacial score (nSPS) is 11.0. The lowest BCUT2D eigenvalue weighted by atomic mass is 10.1. The molecule has 0 spiro atoms. The fourth-order valence-electron chi connectivity index (χ4n) is 1.52. The molecule has 1 amide bonds. The molecule has 2 rings (SSSR count). The molecule has 0 bridgehead atoms. The van der Waals surface area contributed by atoms with Gasteiger partial charge in [0, 0.05) is 12.8 Å². The van der Waals surface area contributed by atoms with Gasteiger partial charge in [-0.25, -0.2) is 4.98 Å². The largest absolute Gasteiger partial charge is 0.300 e. The zero-order valence-electron chi connectivity index (χ0n) is 12.2. The highest BCUT2D eigenvalue weighted by Crippen LogP contribution is 2.19. The highest BCUT2D eigenvalue weighted by molar-refractivity contribution is 7.99. The predicted molar refractivity (Wildman–Crippen MR) is 83.6 cm³/mol. The Morgan fingerprint density at radius 1 is 1.43 bits per heavy atom. The first-order valence-electron chi connectivity index (χ1n) is 6.73. The summed E-state index contributed by atoms with van der Waals surface area (Å²) in [7, 11) is 0. The van der Waals surface area contributed by atoms with E-state index < -0.39 is 0 Å². The molecule has 2 heterocycles. The van der Waals surface area contributed by atoms with E-state index in [1.54, 1.807) is 0 Å². The Kier molecular flexibility index (Phi) is 5.68. The van der Waals surface area contributed by atoms with Crippen molar-refractivity contribution in [2.24, 2.45) is 5.92 Å². The van der Waals surface area contributed by atoms with Gasteiger partial charge in [-0.05, 0) is 5.92 Å². The number of hydrogen-bond acceptors (Lipinski definition) is 7. The van der Waals surface area contributed by atoms with Crippen molar-refractivity contribution < 1.29 is 4.79 Å². The Labute approximate surface area is 131 Å². The van der Waals surface area contributed by atoms with E-state index in [0.717, 1.165) is 23.7 Å². The second-order valence-electron chi connectivity index (χ2n) is 4.85. The first-order chi connectivity index (χ1) is 10.1. The number of aryl methyl sites for hydroxylation is 1. The summed E-state index contributed by atoms with van der Waals surface area (Å²) in [5.74, 6) is 1.46. The molecule has 9 heteroatoms. The lowest BCUT2D eigenvalue weighted by Gasteiger charge is -1.99. The summed E-state index contributed by atoms with van der Waals surface area (Å²) in [5.41, 5.74) is 0. The minimum atomic E-state index is -0.130. The third kappa shape index (κ3) is 5.09. The number of H-pyrrole nitrogens is 1. The lowest BCUT2D eigenvalue weighted by molar-refractivity contribution is -0.113. The Morgan fingerprint density at radius 2 is 2.24 bits per heavy atom. The molecule has 2 aromatic heterocycles. The summed E-state index contributed by atoms with van der Waals surface area (Å²) in [6, 6.07) is 0. The van der Waals surface area contributed by atoms with Gasteiger partial charge < -0.3 is 0 Å². The summed E-state index contributed by atoms with van der Waals surface area (Å²) in [6.07, 6.45) is 1.67. The maximum atomic E-state index is 11.8. The summed E-state index contributed by atoms with van der Waals surface area (Å²) < 4.78 is 0. The molecule has 7 nitrogen and oxygen atoms in total. The number of hydrogen-bond donors (Lipinski definition) is 2. The summed E-state index contributed by atoms with van der Waals surface area (Å²) >= 11 is 2.71. The van der Waals surface area contributed by atoms with E-state index >= 15 is 0 Å². The number of aromatic nitrogens is 5. The van der Waals surface area contributed by atoms with Crippen LogP contribution in [-0.2, 0) is 17.6 Å². The zero-order valence-corrected chi connectivity index (χ0v) is 13.8. The molecular formula is C12H18N6OS2. The van der Waals surface area contributed by atoms with E-state index in [1.807, 2.05) is 6.92 Å². The van der Waals surface area contributed by atoms with Gasteiger partial charge in [-0.1, -0.05) is 43.9 Å². The SMILES string of the molecule is CCc1nc(SCC(=O)Nc2nnc(CC(C)C)s2)n[nH]1. The molecule has 0 atom stereocenters. The third-order valence-corrected chi connectivity index (χ3v) is 4.18. The van der Waals surface area contributed by atoms with Crippen LogP contribution in [0.4, 0.5) is 5.13 Å². The Balaban J connectivity index is 1.80. The summed E-state index contributed by atoms with van der Waals surface area (Å²) in [5, 5.41) is 19.7. The molecule has 0 fully saturated rings. The van der Waals surface area contributed by atoms with Crippen LogP contribution < -0.4 is 5.32 Å². The van der Waals surface area contributed by atoms with Crippen molar-refractivity contribution in [3.05, 3.63) is 10.8 Å². The number of carbonyl (C=O) groups is 1. The highest BCUT2D eigenvalue weighted by atomic mass is 32.2. The van der Waals surface area contributed by atoms with Crippen LogP contribution in [0.5, 0.6) is 0 Å². The first kappa shape index (κ1) is 15.9. The first-order valence-corrected chi connectivity index (χ1v) is 8.53. The summed E-state index contributed by atoms with van der Waals surface area (Å²) in [4.78, 5) is 16.1. The number of rotatable bonds is 7.